The van der Waals surface area contributed by atoms with Crippen molar-refractivity contribution in [2.75, 3.05) is 5.32 Å². The molecule has 0 fully saturated rings. The minimum absolute atomic E-state index is 0.885. The molecule has 0 bridgehead atoms. The summed E-state index contributed by atoms with van der Waals surface area (Å²) in [6.45, 7) is 0.885. The number of hydrogen-bond donors (Lipinski definition) is 1. The molecule has 0 saturated heterocycles. The number of benzene rings is 1. The Bertz CT molecular complexity index is 455. The summed E-state index contributed by atoms with van der Waals surface area (Å²) in [7, 11) is 0. The summed E-state index contributed by atoms with van der Waals surface area (Å²) in [5, 5.41) is 5.53. The van der Waals surface area contributed by atoms with Gasteiger partial charge >= 0.3 is 0 Å². The van der Waals surface area contributed by atoms with Crippen molar-refractivity contribution in [3.63, 3.8) is 0 Å². The first-order valence-electron chi connectivity index (χ1n) is 4.47. The van der Waals surface area contributed by atoms with E-state index in [0.717, 1.165) is 11.0 Å². The smallest absolute Gasteiger partial charge is 0.0494 e. The lowest BCUT2D eigenvalue weighted by Gasteiger charge is -2.06. The fourth-order valence-electron chi connectivity index (χ4n) is 1.23. The maximum atomic E-state index is 3.45. The topological polar surface area (TPSA) is 12.0 Å². The van der Waals surface area contributed by atoms with Gasteiger partial charge in [-0.2, -0.15) is 0 Å². The summed E-state index contributed by atoms with van der Waals surface area (Å²) < 4.78 is 2.41. The van der Waals surface area contributed by atoms with Crippen LogP contribution in [0.15, 0.2) is 40.2 Å². The highest BCUT2D eigenvalue weighted by molar-refractivity contribution is 14.1. The molecule has 0 atom stereocenters. The Balaban J connectivity index is 2.02. The van der Waals surface area contributed by atoms with Gasteiger partial charge in [0.05, 0.1) is 0 Å². The van der Waals surface area contributed by atoms with E-state index in [1.165, 1.54) is 14.1 Å². The molecule has 78 valence electrons. The van der Waals surface area contributed by atoms with Gasteiger partial charge in [-0.3, -0.25) is 0 Å². The molecule has 0 aliphatic rings. The van der Waals surface area contributed by atoms with Crippen molar-refractivity contribution < 1.29 is 0 Å². The molecule has 15 heavy (non-hydrogen) atoms. The van der Waals surface area contributed by atoms with Gasteiger partial charge < -0.3 is 5.32 Å². The van der Waals surface area contributed by atoms with Crippen LogP contribution in [0.5, 0.6) is 0 Å². The minimum atomic E-state index is 0.885. The molecule has 0 unspecified atom stereocenters. The second-order valence-corrected chi connectivity index (χ2v) is 6.14. The van der Waals surface area contributed by atoms with E-state index < -0.39 is 0 Å². The van der Waals surface area contributed by atoms with Crippen LogP contribution >= 0.6 is 49.9 Å². The van der Waals surface area contributed by atoms with E-state index in [4.69, 9.17) is 0 Å². The van der Waals surface area contributed by atoms with Crippen LogP contribution in [0.25, 0.3) is 0 Å². The lowest BCUT2D eigenvalue weighted by molar-refractivity contribution is 1.19. The first-order valence-corrected chi connectivity index (χ1v) is 7.22. The van der Waals surface area contributed by atoms with Crippen LogP contribution in [0, 0.1) is 3.57 Å². The SMILES string of the molecule is Brc1csc(CNc2ccccc2I)c1. The summed E-state index contributed by atoms with van der Waals surface area (Å²) in [6.07, 6.45) is 0. The van der Waals surface area contributed by atoms with E-state index >= 15 is 0 Å². The van der Waals surface area contributed by atoms with Crippen LogP contribution in [-0.2, 0) is 6.54 Å². The number of rotatable bonds is 3. The zero-order valence-electron chi connectivity index (χ0n) is 7.84. The average Bonchev–Trinajstić information content (AvgIpc) is 2.63. The Kier molecular flexibility index (Phi) is 4.05. The monoisotopic (exact) mass is 393 g/mol. The van der Waals surface area contributed by atoms with Crippen LogP contribution in [0.3, 0.4) is 0 Å². The number of nitrogens with one attached hydrogen (secondary N) is 1. The van der Waals surface area contributed by atoms with Gasteiger partial charge in [-0.1, -0.05) is 12.1 Å². The molecule has 2 aromatic rings. The molecule has 0 spiro atoms. The van der Waals surface area contributed by atoms with Gasteiger partial charge in [-0.25, -0.2) is 0 Å². The zero-order chi connectivity index (χ0) is 10.7. The molecule has 0 aliphatic carbocycles. The Morgan fingerprint density at radius 3 is 2.80 bits per heavy atom. The predicted molar refractivity (Wildman–Crippen MR) is 78.5 cm³/mol. The van der Waals surface area contributed by atoms with Crippen LogP contribution < -0.4 is 5.32 Å². The molecule has 1 aromatic heterocycles. The molecule has 2 rings (SSSR count). The summed E-state index contributed by atoms with van der Waals surface area (Å²) in [6, 6.07) is 10.5. The molecule has 1 aromatic carbocycles. The average molecular weight is 394 g/mol. The van der Waals surface area contributed by atoms with Gasteiger partial charge in [-0.05, 0) is 56.7 Å². The fraction of sp³-hybridized carbons (Fsp3) is 0.0909. The quantitative estimate of drug-likeness (QED) is 0.743. The van der Waals surface area contributed by atoms with E-state index in [1.54, 1.807) is 11.3 Å². The highest BCUT2D eigenvalue weighted by Gasteiger charge is 1.99. The first-order chi connectivity index (χ1) is 7.25. The molecule has 0 aliphatic heterocycles. The van der Waals surface area contributed by atoms with Gasteiger partial charge in [0.25, 0.3) is 0 Å². The Morgan fingerprint density at radius 1 is 1.33 bits per heavy atom. The standard InChI is InChI=1S/C11H9BrINS/c12-8-5-9(15-7-8)6-14-11-4-2-1-3-10(11)13/h1-5,7,14H,6H2. The normalized spacial score (nSPS) is 10.3. The predicted octanol–water partition coefficient (Wildman–Crippen LogP) is 4.73. The molecule has 0 radical (unpaired) electrons. The van der Waals surface area contributed by atoms with Crippen molar-refractivity contribution in [3.8, 4) is 0 Å². The van der Waals surface area contributed by atoms with Crippen molar-refractivity contribution in [1.29, 1.82) is 0 Å². The first kappa shape index (κ1) is 11.4. The van der Waals surface area contributed by atoms with Crippen molar-refractivity contribution in [1.82, 2.24) is 0 Å². The van der Waals surface area contributed by atoms with Crippen molar-refractivity contribution >= 4 is 55.5 Å². The van der Waals surface area contributed by atoms with Crippen LogP contribution in [0.4, 0.5) is 5.69 Å². The van der Waals surface area contributed by atoms with Gasteiger partial charge in [0, 0.05) is 30.5 Å². The molecule has 1 heterocycles. The molecular formula is C11H9BrINS. The Labute approximate surface area is 115 Å². The fourth-order valence-corrected chi connectivity index (χ4v) is 3.20. The van der Waals surface area contributed by atoms with E-state index in [-0.39, 0.29) is 0 Å². The summed E-state index contributed by atoms with van der Waals surface area (Å²) in [4.78, 5) is 1.33. The van der Waals surface area contributed by atoms with Gasteiger partial charge in [-0.15, -0.1) is 11.3 Å². The lowest BCUT2D eigenvalue weighted by atomic mass is 10.3. The third kappa shape index (κ3) is 3.19. The Hall–Kier alpha value is -0.0700. The summed E-state index contributed by atoms with van der Waals surface area (Å²) in [5.41, 5.74) is 1.20. The molecule has 1 nitrogen and oxygen atoms in total. The minimum Gasteiger partial charge on any atom is -0.379 e. The molecule has 0 amide bonds. The van der Waals surface area contributed by atoms with Crippen molar-refractivity contribution in [2.24, 2.45) is 0 Å². The highest BCUT2D eigenvalue weighted by Crippen LogP contribution is 2.22. The number of halogens is 2. The third-order valence-electron chi connectivity index (χ3n) is 1.95. The largest absolute Gasteiger partial charge is 0.379 e. The molecule has 4 heteroatoms. The van der Waals surface area contributed by atoms with Gasteiger partial charge in [0.2, 0.25) is 0 Å². The second-order valence-electron chi connectivity index (χ2n) is 3.06. The summed E-state index contributed by atoms with van der Waals surface area (Å²) in [5.74, 6) is 0. The van der Waals surface area contributed by atoms with E-state index in [0.29, 0.717) is 0 Å². The maximum absolute atomic E-state index is 3.45. The molecule has 1 N–H and O–H groups in total. The number of para-hydroxylation sites is 1. The van der Waals surface area contributed by atoms with E-state index in [9.17, 15) is 0 Å². The van der Waals surface area contributed by atoms with Crippen LogP contribution in [-0.4, -0.2) is 0 Å². The van der Waals surface area contributed by atoms with Crippen LogP contribution in [0.1, 0.15) is 4.88 Å². The van der Waals surface area contributed by atoms with Crippen molar-refractivity contribution in [3.05, 3.63) is 48.6 Å². The number of thiophene rings is 1. The maximum Gasteiger partial charge on any atom is 0.0494 e. The van der Waals surface area contributed by atoms with Crippen molar-refractivity contribution in [2.45, 2.75) is 6.54 Å². The van der Waals surface area contributed by atoms with E-state index in [1.807, 2.05) is 0 Å². The van der Waals surface area contributed by atoms with E-state index in [2.05, 4.69) is 79.5 Å². The molecular weight excluding hydrogens is 385 g/mol. The number of anilines is 1. The lowest BCUT2D eigenvalue weighted by Crippen LogP contribution is -1.98. The highest BCUT2D eigenvalue weighted by atomic mass is 127. The molecule has 0 saturated carbocycles. The van der Waals surface area contributed by atoms with Gasteiger partial charge in [0.1, 0.15) is 0 Å². The second kappa shape index (κ2) is 5.32. The Morgan fingerprint density at radius 2 is 2.13 bits per heavy atom. The zero-order valence-corrected chi connectivity index (χ0v) is 12.4. The summed E-state index contributed by atoms with van der Waals surface area (Å²) >= 11 is 7.56. The third-order valence-corrected chi connectivity index (χ3v) is 4.59. The van der Waals surface area contributed by atoms with Crippen LogP contribution in [0.2, 0.25) is 0 Å². The number of hydrogen-bond acceptors (Lipinski definition) is 2. The van der Waals surface area contributed by atoms with Gasteiger partial charge in [0.15, 0.2) is 0 Å².